The molecule has 246 valence electrons. The number of hydrogen-bond acceptors (Lipinski definition) is 5. The van der Waals surface area contributed by atoms with Gasteiger partial charge in [-0.15, -0.1) is 0 Å². The average molecular weight is 652 g/mol. The fraction of sp³-hybridized carbons (Fsp3) is 0.385. The zero-order valence-corrected chi connectivity index (χ0v) is 27.8. The highest BCUT2D eigenvalue weighted by atomic mass is 32.2. The summed E-state index contributed by atoms with van der Waals surface area (Å²) in [7, 11) is -3.82. The van der Waals surface area contributed by atoms with Crippen LogP contribution in [0.1, 0.15) is 85.7 Å². The molecule has 0 unspecified atom stereocenters. The maximum Gasteiger partial charge on any atom is 0.251 e. The number of nitrogens with one attached hydrogen (secondary N) is 1. The lowest BCUT2D eigenvalue weighted by atomic mass is 9.90. The highest BCUT2D eigenvalue weighted by Gasteiger charge is 2.26. The monoisotopic (exact) mass is 651 g/mol. The Morgan fingerprint density at radius 2 is 1.36 bits per heavy atom. The van der Waals surface area contributed by atoms with Gasteiger partial charge in [-0.2, -0.15) is 4.31 Å². The van der Waals surface area contributed by atoms with E-state index in [1.807, 2.05) is 60.7 Å². The summed E-state index contributed by atoms with van der Waals surface area (Å²) in [4.78, 5) is 17.2. The Morgan fingerprint density at radius 3 is 2.00 bits per heavy atom. The molecule has 7 nitrogen and oxygen atoms in total. The molecule has 2 fully saturated rings. The van der Waals surface area contributed by atoms with E-state index in [-0.39, 0.29) is 29.9 Å². The van der Waals surface area contributed by atoms with Crippen LogP contribution in [0.15, 0.2) is 102 Å². The standard InChI is InChI=1S/C39H45N3O4S/c43-39(41-36-11-5-2-6-12-36)35-19-17-34(18-20-35)33-15-13-30(14-16-33)27-42(28-32-10-7-25-40-26-32)47(44,45)38-23-21-37(22-24-38)46-29-31-8-3-1-4-9-31/h7,10,13-26,31,36H,1-6,8-9,11-12,27-29H2,(H,41,43). The van der Waals surface area contributed by atoms with E-state index in [0.29, 0.717) is 23.8 Å². The van der Waals surface area contributed by atoms with Crippen molar-refractivity contribution in [3.05, 3.63) is 114 Å². The van der Waals surface area contributed by atoms with E-state index in [1.165, 1.54) is 55.7 Å². The zero-order chi connectivity index (χ0) is 32.5. The minimum absolute atomic E-state index is 0.0182. The number of carbonyl (C=O) groups is 1. The van der Waals surface area contributed by atoms with Crippen molar-refractivity contribution in [2.45, 2.75) is 88.2 Å². The van der Waals surface area contributed by atoms with Crippen LogP contribution in [0.2, 0.25) is 0 Å². The van der Waals surface area contributed by atoms with Crippen molar-refractivity contribution in [1.82, 2.24) is 14.6 Å². The van der Waals surface area contributed by atoms with Crippen molar-refractivity contribution < 1.29 is 17.9 Å². The Hall–Kier alpha value is -4.01. The molecule has 1 heterocycles. The van der Waals surface area contributed by atoms with Crippen molar-refractivity contribution in [3.63, 3.8) is 0 Å². The summed E-state index contributed by atoms with van der Waals surface area (Å²) in [6.45, 7) is 1.08. The highest BCUT2D eigenvalue weighted by Crippen LogP contribution is 2.28. The van der Waals surface area contributed by atoms with Gasteiger partial charge in [-0.25, -0.2) is 8.42 Å². The summed E-state index contributed by atoms with van der Waals surface area (Å²) < 4.78 is 35.5. The van der Waals surface area contributed by atoms with Crippen LogP contribution in [0, 0.1) is 5.92 Å². The van der Waals surface area contributed by atoms with Gasteiger partial charge in [-0.3, -0.25) is 9.78 Å². The van der Waals surface area contributed by atoms with Crippen LogP contribution in [0.4, 0.5) is 0 Å². The molecule has 0 bridgehead atoms. The average Bonchev–Trinajstić information content (AvgIpc) is 3.12. The molecule has 2 saturated carbocycles. The van der Waals surface area contributed by atoms with Crippen LogP contribution in [-0.2, 0) is 23.1 Å². The summed E-state index contributed by atoms with van der Waals surface area (Å²) in [6.07, 6.45) is 15.3. The number of nitrogens with zero attached hydrogens (tertiary/aromatic N) is 2. The molecule has 0 radical (unpaired) electrons. The molecule has 0 atom stereocenters. The van der Waals surface area contributed by atoms with Crippen molar-refractivity contribution >= 4 is 15.9 Å². The number of ether oxygens (including phenoxy) is 1. The predicted molar refractivity (Wildman–Crippen MR) is 185 cm³/mol. The Labute approximate surface area is 279 Å². The first-order valence-electron chi connectivity index (χ1n) is 17.1. The molecule has 2 aliphatic rings. The maximum atomic E-state index is 14.0. The quantitative estimate of drug-likeness (QED) is 0.167. The Bertz CT molecular complexity index is 1680. The molecule has 0 saturated heterocycles. The van der Waals surface area contributed by atoms with Crippen LogP contribution in [0.25, 0.3) is 11.1 Å². The minimum atomic E-state index is -3.82. The Balaban J connectivity index is 1.13. The highest BCUT2D eigenvalue weighted by molar-refractivity contribution is 7.89. The second-order valence-electron chi connectivity index (χ2n) is 13.0. The summed E-state index contributed by atoms with van der Waals surface area (Å²) in [5, 5.41) is 3.18. The van der Waals surface area contributed by atoms with Gasteiger partial charge in [-0.05, 0) is 96.3 Å². The van der Waals surface area contributed by atoms with Gasteiger partial charge in [0, 0.05) is 37.1 Å². The Morgan fingerprint density at radius 1 is 0.745 bits per heavy atom. The molecule has 0 spiro atoms. The lowest BCUT2D eigenvalue weighted by Gasteiger charge is -2.23. The van der Waals surface area contributed by atoms with Crippen LogP contribution < -0.4 is 10.1 Å². The van der Waals surface area contributed by atoms with Crippen LogP contribution in [0.3, 0.4) is 0 Å². The van der Waals surface area contributed by atoms with Gasteiger partial charge < -0.3 is 10.1 Å². The molecule has 47 heavy (non-hydrogen) atoms. The van der Waals surface area contributed by atoms with Gasteiger partial charge in [-0.1, -0.05) is 81.0 Å². The summed E-state index contributed by atoms with van der Waals surface area (Å²) in [5.41, 5.74) is 4.34. The van der Waals surface area contributed by atoms with Gasteiger partial charge in [0.05, 0.1) is 11.5 Å². The van der Waals surface area contributed by atoms with Crippen molar-refractivity contribution in [2.24, 2.45) is 5.92 Å². The number of carbonyl (C=O) groups excluding carboxylic acids is 1. The summed E-state index contributed by atoms with van der Waals surface area (Å²) >= 11 is 0. The van der Waals surface area contributed by atoms with Crippen molar-refractivity contribution in [1.29, 1.82) is 0 Å². The van der Waals surface area contributed by atoms with Crippen LogP contribution in [-0.4, -0.2) is 36.3 Å². The number of sulfonamides is 1. The van der Waals surface area contributed by atoms with Crippen LogP contribution in [0.5, 0.6) is 5.75 Å². The van der Waals surface area contributed by atoms with Gasteiger partial charge >= 0.3 is 0 Å². The van der Waals surface area contributed by atoms with E-state index in [2.05, 4.69) is 10.3 Å². The number of amides is 1. The molecule has 1 aromatic heterocycles. The van der Waals surface area contributed by atoms with Crippen molar-refractivity contribution in [3.8, 4) is 16.9 Å². The van der Waals surface area contributed by atoms with E-state index in [1.54, 1.807) is 36.7 Å². The molecular formula is C39H45N3O4S. The molecule has 4 aromatic rings. The van der Waals surface area contributed by atoms with Gasteiger partial charge in [0.2, 0.25) is 10.0 Å². The van der Waals surface area contributed by atoms with E-state index < -0.39 is 10.0 Å². The number of pyridine rings is 1. The molecule has 2 aliphatic carbocycles. The minimum Gasteiger partial charge on any atom is -0.493 e. The fourth-order valence-electron chi connectivity index (χ4n) is 6.68. The van der Waals surface area contributed by atoms with E-state index >= 15 is 0 Å². The zero-order valence-electron chi connectivity index (χ0n) is 27.0. The third-order valence-electron chi connectivity index (χ3n) is 9.49. The SMILES string of the molecule is O=C(NC1CCCCC1)c1ccc(-c2ccc(CN(Cc3cccnc3)S(=O)(=O)c3ccc(OCC4CCCCC4)cc3)cc2)cc1. The third-order valence-corrected chi connectivity index (χ3v) is 11.3. The fourth-order valence-corrected chi connectivity index (χ4v) is 8.10. The first-order valence-corrected chi connectivity index (χ1v) is 18.5. The topological polar surface area (TPSA) is 88.6 Å². The number of hydrogen-bond donors (Lipinski definition) is 1. The first kappa shape index (κ1) is 32.9. The lowest BCUT2D eigenvalue weighted by molar-refractivity contribution is 0.0927. The van der Waals surface area contributed by atoms with E-state index in [9.17, 15) is 13.2 Å². The number of benzene rings is 3. The van der Waals surface area contributed by atoms with E-state index in [4.69, 9.17) is 4.74 Å². The molecule has 1 amide bonds. The van der Waals surface area contributed by atoms with Gasteiger partial charge in [0.15, 0.2) is 0 Å². The Kier molecular flexibility index (Phi) is 11.0. The first-order chi connectivity index (χ1) is 22.9. The predicted octanol–water partition coefficient (Wildman–Crippen LogP) is 8.16. The van der Waals surface area contributed by atoms with Crippen LogP contribution >= 0.6 is 0 Å². The molecule has 6 rings (SSSR count). The largest absolute Gasteiger partial charge is 0.493 e. The molecule has 3 aromatic carbocycles. The number of aromatic nitrogens is 1. The molecule has 8 heteroatoms. The normalized spacial score (nSPS) is 16.2. The number of rotatable bonds is 12. The van der Waals surface area contributed by atoms with Gasteiger partial charge in [0.25, 0.3) is 5.91 Å². The lowest BCUT2D eigenvalue weighted by Crippen LogP contribution is -2.36. The molecule has 0 aliphatic heterocycles. The second-order valence-corrected chi connectivity index (χ2v) is 14.9. The summed E-state index contributed by atoms with van der Waals surface area (Å²) in [6, 6.07) is 26.4. The smallest absolute Gasteiger partial charge is 0.251 e. The molecule has 1 N–H and O–H groups in total. The summed E-state index contributed by atoms with van der Waals surface area (Å²) in [5.74, 6) is 1.25. The maximum absolute atomic E-state index is 14.0. The van der Waals surface area contributed by atoms with Crippen molar-refractivity contribution in [2.75, 3.05) is 6.61 Å². The third kappa shape index (κ3) is 8.87. The van der Waals surface area contributed by atoms with Gasteiger partial charge in [0.1, 0.15) is 5.75 Å². The molecular weight excluding hydrogens is 607 g/mol. The van der Waals surface area contributed by atoms with E-state index in [0.717, 1.165) is 35.1 Å². The second kappa shape index (κ2) is 15.7.